The molecule has 0 spiro atoms. The smallest absolute Gasteiger partial charge is 0.310 e. The lowest BCUT2D eigenvalue weighted by atomic mass is 10.2. The van der Waals surface area contributed by atoms with Crippen LogP contribution >= 0.6 is 0 Å². The van der Waals surface area contributed by atoms with Crippen LogP contribution in [0.15, 0.2) is 0 Å². The molecule has 0 aliphatic heterocycles. The molecule has 0 N–H and O–H groups in total. The highest BCUT2D eigenvalue weighted by molar-refractivity contribution is 5.83. The largest absolute Gasteiger partial charge is 0.460 e. The van der Waals surface area contributed by atoms with Crippen LogP contribution in [0.25, 0.3) is 0 Å². The molecule has 0 aromatic rings. The van der Waals surface area contributed by atoms with Crippen LogP contribution in [0.5, 0.6) is 0 Å². The van der Waals surface area contributed by atoms with Gasteiger partial charge in [0.2, 0.25) is 0 Å². The van der Waals surface area contributed by atoms with Crippen molar-refractivity contribution in [3.05, 3.63) is 0 Å². The number of carbonyl (C=O) groups is 4. The minimum atomic E-state index is -0.452. The van der Waals surface area contributed by atoms with Crippen molar-refractivity contribution in [1.29, 1.82) is 0 Å². The molecular formula is C20H32O6. The minimum Gasteiger partial charge on any atom is -0.460 e. The molecule has 0 aromatic carbocycles. The molecule has 6 atom stereocenters. The van der Waals surface area contributed by atoms with E-state index in [4.69, 9.17) is 9.47 Å². The zero-order chi connectivity index (χ0) is 20.4. The van der Waals surface area contributed by atoms with Crippen molar-refractivity contribution < 1.29 is 28.7 Å². The van der Waals surface area contributed by atoms with Crippen molar-refractivity contribution >= 4 is 24.5 Å². The molecule has 2 fully saturated rings. The second-order valence-corrected chi connectivity index (χ2v) is 9.26. The standard InChI is InChI=1S/2C10H16O3/c2*1-6-7(5-11)8(6)9(12)13-10(2,3)4/h2*5-8H,1-4H3/t2*6-,7+,8+/m11/s1. The van der Waals surface area contributed by atoms with E-state index in [-0.39, 0.29) is 47.4 Å². The summed E-state index contributed by atoms with van der Waals surface area (Å²) in [6, 6.07) is 0. The van der Waals surface area contributed by atoms with Crippen molar-refractivity contribution in [3.8, 4) is 0 Å². The highest BCUT2D eigenvalue weighted by Gasteiger charge is 2.54. The van der Waals surface area contributed by atoms with E-state index in [9.17, 15) is 19.2 Å². The van der Waals surface area contributed by atoms with Crippen molar-refractivity contribution in [2.24, 2.45) is 35.5 Å². The molecule has 6 heteroatoms. The molecule has 2 aliphatic rings. The van der Waals surface area contributed by atoms with Gasteiger partial charge in [0.05, 0.1) is 11.8 Å². The Bertz CT molecular complexity index is 504. The number of esters is 2. The zero-order valence-corrected chi connectivity index (χ0v) is 17.1. The zero-order valence-electron chi connectivity index (χ0n) is 17.1. The maximum Gasteiger partial charge on any atom is 0.310 e. The molecule has 0 amide bonds. The molecule has 26 heavy (non-hydrogen) atoms. The lowest BCUT2D eigenvalue weighted by molar-refractivity contribution is -0.158. The number of hydrogen-bond acceptors (Lipinski definition) is 6. The van der Waals surface area contributed by atoms with Gasteiger partial charge in [-0.1, -0.05) is 13.8 Å². The van der Waals surface area contributed by atoms with Gasteiger partial charge < -0.3 is 19.1 Å². The van der Waals surface area contributed by atoms with Gasteiger partial charge in [-0.2, -0.15) is 0 Å². The summed E-state index contributed by atoms with van der Waals surface area (Å²) in [4.78, 5) is 43.7. The van der Waals surface area contributed by atoms with Crippen LogP contribution in [0.3, 0.4) is 0 Å². The van der Waals surface area contributed by atoms with Gasteiger partial charge in [-0.25, -0.2) is 0 Å². The lowest BCUT2D eigenvalue weighted by Crippen LogP contribution is -2.25. The van der Waals surface area contributed by atoms with Crippen LogP contribution in [-0.2, 0) is 28.7 Å². The second-order valence-electron chi connectivity index (χ2n) is 9.26. The molecule has 0 bridgehead atoms. The van der Waals surface area contributed by atoms with Gasteiger partial charge in [0.25, 0.3) is 0 Å². The molecule has 0 radical (unpaired) electrons. The summed E-state index contributed by atoms with van der Waals surface area (Å²) in [6.45, 7) is 14.8. The van der Waals surface area contributed by atoms with Gasteiger partial charge in [-0.3, -0.25) is 9.59 Å². The SMILES string of the molecule is C[C@@H]1[C@H](C=O)[C@H]1C(=O)OC(C)(C)C.C[C@@H]1[C@H](C=O)[C@H]1C(=O)OC(C)(C)C. The molecule has 6 nitrogen and oxygen atoms in total. The number of aldehydes is 2. The molecule has 0 heterocycles. The quantitative estimate of drug-likeness (QED) is 0.560. The van der Waals surface area contributed by atoms with Crippen LogP contribution < -0.4 is 0 Å². The molecule has 2 saturated carbocycles. The Balaban J connectivity index is 0.000000260. The third-order valence-electron chi connectivity index (χ3n) is 4.57. The second kappa shape index (κ2) is 7.89. The summed E-state index contributed by atoms with van der Waals surface area (Å²) in [5, 5.41) is 0. The van der Waals surface area contributed by atoms with E-state index < -0.39 is 11.2 Å². The Morgan fingerprint density at radius 1 is 0.692 bits per heavy atom. The first-order valence-electron chi connectivity index (χ1n) is 9.09. The summed E-state index contributed by atoms with van der Waals surface area (Å²) in [5.41, 5.74) is -0.903. The summed E-state index contributed by atoms with van der Waals surface area (Å²) in [6.07, 6.45) is 1.69. The lowest BCUT2D eigenvalue weighted by Gasteiger charge is -2.19. The summed E-state index contributed by atoms with van der Waals surface area (Å²) >= 11 is 0. The maximum atomic E-state index is 11.4. The van der Waals surface area contributed by atoms with Gasteiger partial charge in [-0.05, 0) is 53.4 Å². The molecule has 0 unspecified atom stereocenters. The van der Waals surface area contributed by atoms with Gasteiger partial charge in [-0.15, -0.1) is 0 Å². The highest BCUT2D eigenvalue weighted by atomic mass is 16.6. The monoisotopic (exact) mass is 368 g/mol. The summed E-state index contributed by atoms with van der Waals surface area (Å²) in [7, 11) is 0. The number of rotatable bonds is 4. The average molecular weight is 368 g/mol. The maximum absolute atomic E-state index is 11.4. The third kappa shape index (κ3) is 6.22. The normalized spacial score (nSPS) is 32.5. The Morgan fingerprint density at radius 2 is 0.962 bits per heavy atom. The first kappa shape index (κ1) is 22.3. The topological polar surface area (TPSA) is 86.7 Å². The first-order valence-corrected chi connectivity index (χ1v) is 9.09. The fourth-order valence-electron chi connectivity index (χ4n) is 2.89. The summed E-state index contributed by atoms with van der Waals surface area (Å²) < 4.78 is 10.3. The van der Waals surface area contributed by atoms with Crippen LogP contribution in [-0.4, -0.2) is 35.7 Å². The third-order valence-corrected chi connectivity index (χ3v) is 4.57. The average Bonchev–Trinajstić information content (AvgIpc) is 3.30. The van der Waals surface area contributed by atoms with Crippen LogP contribution in [0.2, 0.25) is 0 Å². The van der Waals surface area contributed by atoms with E-state index in [0.29, 0.717) is 0 Å². The fraction of sp³-hybridized carbons (Fsp3) is 0.800. The molecule has 148 valence electrons. The first-order chi connectivity index (χ1) is 11.7. The van der Waals surface area contributed by atoms with Crippen LogP contribution in [0.4, 0.5) is 0 Å². The van der Waals surface area contributed by atoms with Gasteiger partial charge >= 0.3 is 11.9 Å². The Labute approximate surface area is 156 Å². The molecule has 0 aromatic heterocycles. The van der Waals surface area contributed by atoms with Gasteiger partial charge in [0.1, 0.15) is 23.8 Å². The predicted molar refractivity (Wildman–Crippen MR) is 96.1 cm³/mol. The molecule has 2 rings (SSSR count). The van der Waals surface area contributed by atoms with E-state index in [0.717, 1.165) is 12.6 Å². The number of hydrogen-bond donors (Lipinski definition) is 0. The van der Waals surface area contributed by atoms with Gasteiger partial charge in [0, 0.05) is 11.8 Å². The van der Waals surface area contributed by atoms with Gasteiger partial charge in [0.15, 0.2) is 0 Å². The molecule has 0 saturated heterocycles. The van der Waals surface area contributed by atoms with E-state index in [1.807, 2.05) is 55.4 Å². The Kier molecular flexibility index (Phi) is 6.77. The molecular weight excluding hydrogens is 336 g/mol. The van der Waals surface area contributed by atoms with Crippen molar-refractivity contribution in [3.63, 3.8) is 0 Å². The van der Waals surface area contributed by atoms with Crippen molar-refractivity contribution in [2.45, 2.75) is 66.6 Å². The van der Waals surface area contributed by atoms with E-state index in [1.165, 1.54) is 0 Å². The van der Waals surface area contributed by atoms with Crippen molar-refractivity contribution in [1.82, 2.24) is 0 Å². The minimum absolute atomic E-state index is 0.116. The van der Waals surface area contributed by atoms with E-state index in [1.54, 1.807) is 0 Å². The Morgan fingerprint density at radius 3 is 1.12 bits per heavy atom. The number of ether oxygens (including phenoxy) is 2. The van der Waals surface area contributed by atoms with Crippen LogP contribution in [0.1, 0.15) is 55.4 Å². The summed E-state index contributed by atoms with van der Waals surface area (Å²) in [5.74, 6) is -0.785. The predicted octanol–water partition coefficient (Wildman–Crippen LogP) is 2.82. The fourth-order valence-corrected chi connectivity index (χ4v) is 2.89. The Hall–Kier alpha value is -1.72. The van der Waals surface area contributed by atoms with E-state index >= 15 is 0 Å². The highest BCUT2D eigenvalue weighted by Crippen LogP contribution is 2.46. The van der Waals surface area contributed by atoms with Crippen LogP contribution in [0, 0.1) is 35.5 Å². The van der Waals surface area contributed by atoms with E-state index in [2.05, 4.69) is 0 Å². The molecule has 2 aliphatic carbocycles. The number of carbonyl (C=O) groups excluding carboxylic acids is 4. The van der Waals surface area contributed by atoms with Crippen molar-refractivity contribution in [2.75, 3.05) is 0 Å².